The summed E-state index contributed by atoms with van der Waals surface area (Å²) >= 11 is 3.13. The number of piperazine rings is 1. The van der Waals surface area contributed by atoms with Crippen molar-refractivity contribution in [3.63, 3.8) is 0 Å². The van der Waals surface area contributed by atoms with E-state index in [1.165, 1.54) is 12.1 Å². The van der Waals surface area contributed by atoms with Crippen LogP contribution in [0.25, 0.3) is 0 Å². The minimum Gasteiger partial charge on any atom is -0.320 e. The molecule has 1 aromatic carbocycles. The van der Waals surface area contributed by atoms with E-state index in [4.69, 9.17) is 0 Å². The molecule has 1 saturated heterocycles. The first-order valence-corrected chi connectivity index (χ1v) is 5.83. The van der Waals surface area contributed by atoms with Crippen molar-refractivity contribution in [2.45, 2.75) is 0 Å². The average molecular weight is 315 g/mol. The Morgan fingerprint density at radius 1 is 1.28 bits per heavy atom. The Hall–Kier alpha value is -1.76. The van der Waals surface area contributed by atoms with Crippen LogP contribution in [0.3, 0.4) is 0 Å². The van der Waals surface area contributed by atoms with E-state index in [1.54, 1.807) is 0 Å². The summed E-state index contributed by atoms with van der Waals surface area (Å²) in [6.07, 6.45) is 0. The van der Waals surface area contributed by atoms with Crippen molar-refractivity contribution in [3.05, 3.63) is 34.1 Å². The lowest BCUT2D eigenvalue weighted by atomic mass is 10.2. The van der Waals surface area contributed by atoms with Gasteiger partial charge < -0.3 is 4.90 Å². The molecule has 1 heterocycles. The second-order valence-corrected chi connectivity index (χ2v) is 4.61. The zero-order chi connectivity index (χ0) is 13.3. The van der Waals surface area contributed by atoms with Gasteiger partial charge in [0.2, 0.25) is 11.8 Å². The Morgan fingerprint density at radius 2 is 1.89 bits per heavy atom. The molecule has 1 aliphatic heterocycles. The number of nitrogens with zero attached hydrogens (tertiary/aromatic N) is 1. The first-order chi connectivity index (χ1) is 8.47. The third-order valence-corrected chi connectivity index (χ3v) is 3.09. The van der Waals surface area contributed by atoms with E-state index in [9.17, 15) is 18.8 Å². The van der Waals surface area contributed by atoms with Gasteiger partial charge in [0, 0.05) is 4.47 Å². The van der Waals surface area contributed by atoms with Gasteiger partial charge >= 0.3 is 0 Å². The predicted octanol–water partition coefficient (Wildman–Crippen LogP) is 0.687. The van der Waals surface area contributed by atoms with Crippen LogP contribution in [0.2, 0.25) is 0 Å². The maximum Gasteiger partial charge on any atom is 0.256 e. The van der Waals surface area contributed by atoms with E-state index in [1.807, 2.05) is 0 Å². The molecule has 5 nitrogen and oxygen atoms in total. The number of rotatable bonds is 1. The lowest BCUT2D eigenvalue weighted by Crippen LogP contribution is -2.53. The molecule has 0 aliphatic carbocycles. The van der Waals surface area contributed by atoms with E-state index >= 15 is 0 Å². The van der Waals surface area contributed by atoms with Gasteiger partial charge in [0.1, 0.15) is 18.9 Å². The molecule has 1 aromatic rings. The number of hydrogen-bond donors (Lipinski definition) is 1. The molecule has 0 bridgehead atoms. The zero-order valence-corrected chi connectivity index (χ0v) is 10.7. The highest BCUT2D eigenvalue weighted by atomic mass is 79.9. The zero-order valence-electron chi connectivity index (χ0n) is 9.07. The molecule has 2 rings (SSSR count). The summed E-state index contributed by atoms with van der Waals surface area (Å²) in [6.45, 7) is -0.430. The normalized spacial score (nSPS) is 15.6. The molecule has 0 unspecified atom stereocenters. The molecule has 7 heteroatoms. The van der Waals surface area contributed by atoms with Crippen LogP contribution in [0.1, 0.15) is 10.4 Å². The maximum atomic E-state index is 13.1. The lowest BCUT2D eigenvalue weighted by Gasteiger charge is -2.25. The monoisotopic (exact) mass is 314 g/mol. The number of halogens is 2. The highest BCUT2D eigenvalue weighted by Crippen LogP contribution is 2.20. The number of benzene rings is 1. The second-order valence-electron chi connectivity index (χ2n) is 3.76. The van der Waals surface area contributed by atoms with E-state index in [-0.39, 0.29) is 18.7 Å². The molecule has 1 aliphatic rings. The van der Waals surface area contributed by atoms with Gasteiger partial charge in [-0.25, -0.2) is 4.39 Å². The first kappa shape index (κ1) is 12.7. The van der Waals surface area contributed by atoms with Crippen LogP contribution < -0.4 is 5.32 Å². The highest BCUT2D eigenvalue weighted by molar-refractivity contribution is 9.10. The second kappa shape index (κ2) is 4.85. The van der Waals surface area contributed by atoms with Crippen LogP contribution >= 0.6 is 15.9 Å². The summed E-state index contributed by atoms with van der Waals surface area (Å²) in [5, 5.41) is 2.08. The topological polar surface area (TPSA) is 66.5 Å². The molecular formula is C11H8BrFN2O3. The van der Waals surface area contributed by atoms with Crippen LogP contribution in [0.4, 0.5) is 4.39 Å². The van der Waals surface area contributed by atoms with Crippen LogP contribution in [0.5, 0.6) is 0 Å². The Kier molecular flexibility index (Phi) is 3.42. The molecule has 3 amide bonds. The van der Waals surface area contributed by atoms with Gasteiger partial charge in [0.25, 0.3) is 5.91 Å². The Balaban J connectivity index is 2.28. The quantitative estimate of drug-likeness (QED) is 0.775. The number of imide groups is 1. The molecule has 1 N–H and O–H groups in total. The van der Waals surface area contributed by atoms with Crippen molar-refractivity contribution < 1.29 is 18.8 Å². The Labute approximate surface area is 110 Å². The van der Waals surface area contributed by atoms with Gasteiger partial charge in [-0.15, -0.1) is 0 Å². The van der Waals surface area contributed by atoms with Gasteiger partial charge in [-0.3, -0.25) is 19.7 Å². The van der Waals surface area contributed by atoms with Gasteiger partial charge in [-0.1, -0.05) is 0 Å². The van der Waals surface area contributed by atoms with Crippen molar-refractivity contribution in [1.29, 1.82) is 0 Å². The SMILES string of the molecule is O=C1CN(C(=O)c2cc(F)ccc2Br)CC(=O)N1. The summed E-state index contributed by atoms with van der Waals surface area (Å²) < 4.78 is 13.5. The van der Waals surface area contributed by atoms with E-state index in [0.717, 1.165) is 11.0 Å². The van der Waals surface area contributed by atoms with Crippen LogP contribution in [0, 0.1) is 5.82 Å². The standard InChI is InChI=1S/C11H8BrFN2O3/c12-8-2-1-6(13)3-7(8)11(18)15-4-9(16)14-10(17)5-15/h1-3H,4-5H2,(H,14,16,17). The highest BCUT2D eigenvalue weighted by Gasteiger charge is 2.28. The molecule has 18 heavy (non-hydrogen) atoms. The van der Waals surface area contributed by atoms with Gasteiger partial charge in [0.05, 0.1) is 5.56 Å². The molecule has 94 valence electrons. The maximum absolute atomic E-state index is 13.1. The summed E-state index contributed by atoms with van der Waals surface area (Å²) in [5.41, 5.74) is 0.0810. The number of carbonyl (C=O) groups is 3. The number of carbonyl (C=O) groups excluding carboxylic acids is 3. The third kappa shape index (κ3) is 2.56. The molecule has 1 fully saturated rings. The number of hydrogen-bond acceptors (Lipinski definition) is 3. The molecule has 0 spiro atoms. The molecule has 0 aromatic heterocycles. The fourth-order valence-electron chi connectivity index (χ4n) is 1.61. The fraction of sp³-hybridized carbons (Fsp3) is 0.182. The van der Waals surface area contributed by atoms with E-state index in [0.29, 0.717) is 4.47 Å². The third-order valence-electron chi connectivity index (χ3n) is 2.39. The average Bonchev–Trinajstić information content (AvgIpc) is 2.30. The molecular weight excluding hydrogens is 307 g/mol. The number of nitrogens with one attached hydrogen (secondary N) is 1. The summed E-state index contributed by atoms with van der Waals surface area (Å²) in [4.78, 5) is 35.5. The largest absolute Gasteiger partial charge is 0.320 e. The summed E-state index contributed by atoms with van der Waals surface area (Å²) in [5.74, 6) is -2.22. The van der Waals surface area contributed by atoms with Crippen molar-refractivity contribution >= 4 is 33.7 Å². The van der Waals surface area contributed by atoms with Crippen LogP contribution in [-0.4, -0.2) is 35.7 Å². The number of amides is 3. The van der Waals surface area contributed by atoms with Crippen molar-refractivity contribution in [1.82, 2.24) is 10.2 Å². The van der Waals surface area contributed by atoms with Crippen molar-refractivity contribution in [3.8, 4) is 0 Å². The molecule has 0 radical (unpaired) electrons. The Bertz CT molecular complexity index is 531. The summed E-state index contributed by atoms with van der Waals surface area (Å²) in [7, 11) is 0. The summed E-state index contributed by atoms with van der Waals surface area (Å²) in [6, 6.07) is 3.66. The molecule has 0 saturated carbocycles. The molecule has 0 atom stereocenters. The predicted molar refractivity (Wildman–Crippen MR) is 63.2 cm³/mol. The van der Waals surface area contributed by atoms with Gasteiger partial charge in [-0.2, -0.15) is 0 Å². The van der Waals surface area contributed by atoms with Crippen molar-refractivity contribution in [2.24, 2.45) is 0 Å². The Morgan fingerprint density at radius 3 is 2.50 bits per heavy atom. The smallest absolute Gasteiger partial charge is 0.256 e. The van der Waals surface area contributed by atoms with E-state index < -0.39 is 23.5 Å². The minimum atomic E-state index is -0.565. The van der Waals surface area contributed by atoms with E-state index in [2.05, 4.69) is 21.2 Å². The van der Waals surface area contributed by atoms with Gasteiger partial charge in [0.15, 0.2) is 0 Å². The fourth-order valence-corrected chi connectivity index (χ4v) is 2.03. The van der Waals surface area contributed by atoms with Crippen LogP contribution in [-0.2, 0) is 9.59 Å². The van der Waals surface area contributed by atoms with Crippen molar-refractivity contribution in [2.75, 3.05) is 13.1 Å². The van der Waals surface area contributed by atoms with Gasteiger partial charge in [-0.05, 0) is 34.1 Å². The minimum absolute atomic E-state index is 0.0810. The van der Waals surface area contributed by atoms with Crippen LogP contribution in [0.15, 0.2) is 22.7 Å². The lowest BCUT2D eigenvalue weighted by molar-refractivity contribution is -0.135. The first-order valence-electron chi connectivity index (χ1n) is 5.04.